The maximum absolute atomic E-state index is 6.15. The van der Waals surface area contributed by atoms with Gasteiger partial charge < -0.3 is 5.32 Å². The third-order valence-electron chi connectivity index (χ3n) is 3.35. The van der Waals surface area contributed by atoms with E-state index in [1.165, 1.54) is 16.0 Å². The maximum atomic E-state index is 6.15. The molecule has 1 atom stereocenters. The van der Waals surface area contributed by atoms with Crippen LogP contribution in [0.4, 0.5) is 0 Å². The number of benzene rings is 1. The van der Waals surface area contributed by atoms with Gasteiger partial charge >= 0.3 is 0 Å². The van der Waals surface area contributed by atoms with Gasteiger partial charge in [0.2, 0.25) is 0 Å². The Balaban J connectivity index is 2.33. The van der Waals surface area contributed by atoms with Crippen LogP contribution in [0.3, 0.4) is 0 Å². The van der Waals surface area contributed by atoms with Gasteiger partial charge in [0.15, 0.2) is 0 Å². The Kier molecular flexibility index (Phi) is 4.96. The SMILES string of the molecule is CNC(c1ccc(C(C)(C)C)cc1)c1cc(Br)c(Cl)s1. The fourth-order valence-electron chi connectivity index (χ4n) is 2.15. The van der Waals surface area contributed by atoms with Crippen molar-refractivity contribution in [2.75, 3.05) is 7.05 Å². The maximum Gasteiger partial charge on any atom is 0.107 e. The lowest BCUT2D eigenvalue weighted by Gasteiger charge is -2.21. The van der Waals surface area contributed by atoms with Crippen LogP contribution in [0.25, 0.3) is 0 Å². The molecule has 1 aromatic carbocycles. The molecule has 0 bridgehead atoms. The molecule has 1 N–H and O–H groups in total. The van der Waals surface area contributed by atoms with Gasteiger partial charge in [-0.15, -0.1) is 11.3 Å². The lowest BCUT2D eigenvalue weighted by molar-refractivity contribution is 0.589. The normalized spacial score (nSPS) is 13.5. The van der Waals surface area contributed by atoms with E-state index in [9.17, 15) is 0 Å². The van der Waals surface area contributed by atoms with Crippen molar-refractivity contribution in [1.82, 2.24) is 5.32 Å². The third kappa shape index (κ3) is 3.45. The molecule has 0 fully saturated rings. The Morgan fingerprint density at radius 3 is 2.20 bits per heavy atom. The van der Waals surface area contributed by atoms with E-state index >= 15 is 0 Å². The summed E-state index contributed by atoms with van der Waals surface area (Å²) in [6, 6.07) is 11.1. The fraction of sp³-hybridized carbons (Fsp3) is 0.375. The van der Waals surface area contributed by atoms with Crippen LogP contribution in [0.15, 0.2) is 34.8 Å². The highest BCUT2D eigenvalue weighted by molar-refractivity contribution is 9.10. The van der Waals surface area contributed by atoms with Crippen molar-refractivity contribution in [2.45, 2.75) is 32.2 Å². The summed E-state index contributed by atoms with van der Waals surface area (Å²) >= 11 is 11.2. The van der Waals surface area contributed by atoms with E-state index in [1.807, 2.05) is 7.05 Å². The molecule has 2 rings (SSSR count). The van der Waals surface area contributed by atoms with Gasteiger partial charge in [-0.3, -0.25) is 0 Å². The molecular weight excluding hydrogens is 354 g/mol. The molecule has 20 heavy (non-hydrogen) atoms. The summed E-state index contributed by atoms with van der Waals surface area (Å²) in [5, 5.41) is 3.36. The van der Waals surface area contributed by atoms with Gasteiger partial charge in [-0.25, -0.2) is 0 Å². The molecule has 2 aromatic rings. The average molecular weight is 373 g/mol. The van der Waals surface area contributed by atoms with Crippen molar-refractivity contribution in [2.24, 2.45) is 0 Å². The van der Waals surface area contributed by atoms with Crippen LogP contribution >= 0.6 is 38.9 Å². The highest BCUT2D eigenvalue weighted by atomic mass is 79.9. The van der Waals surface area contributed by atoms with Gasteiger partial charge in [0, 0.05) is 9.35 Å². The van der Waals surface area contributed by atoms with E-state index in [-0.39, 0.29) is 11.5 Å². The molecular formula is C16H19BrClNS. The summed E-state index contributed by atoms with van der Waals surface area (Å²) in [5.74, 6) is 0. The number of rotatable bonds is 3. The van der Waals surface area contributed by atoms with Crippen molar-refractivity contribution in [3.05, 3.63) is 55.1 Å². The molecule has 0 spiro atoms. The minimum atomic E-state index is 0.179. The summed E-state index contributed by atoms with van der Waals surface area (Å²) in [7, 11) is 1.98. The monoisotopic (exact) mass is 371 g/mol. The zero-order valence-corrected chi connectivity index (χ0v) is 15.3. The Morgan fingerprint density at radius 2 is 1.80 bits per heavy atom. The number of nitrogens with one attached hydrogen (secondary N) is 1. The van der Waals surface area contributed by atoms with Gasteiger partial charge in [0.1, 0.15) is 4.34 Å². The predicted octanol–water partition coefficient (Wildman–Crippen LogP) is 5.77. The third-order valence-corrected chi connectivity index (χ3v) is 5.89. The topological polar surface area (TPSA) is 12.0 Å². The van der Waals surface area contributed by atoms with Gasteiger partial charge in [0.05, 0.1) is 6.04 Å². The smallest absolute Gasteiger partial charge is 0.107 e. The van der Waals surface area contributed by atoms with Crippen LogP contribution in [0.2, 0.25) is 4.34 Å². The standard InChI is InChI=1S/C16H19BrClNS/c1-16(2,3)11-7-5-10(6-8-11)14(19-4)13-9-12(17)15(18)20-13/h5-9,14,19H,1-4H3. The molecule has 0 radical (unpaired) electrons. The van der Waals surface area contributed by atoms with E-state index < -0.39 is 0 Å². The molecule has 1 nitrogen and oxygen atoms in total. The zero-order chi connectivity index (χ0) is 14.9. The summed E-state index contributed by atoms with van der Waals surface area (Å²) in [6.45, 7) is 6.69. The molecule has 0 amide bonds. The second kappa shape index (κ2) is 6.18. The summed E-state index contributed by atoms with van der Waals surface area (Å²) in [6.07, 6.45) is 0. The summed E-state index contributed by atoms with van der Waals surface area (Å²) < 4.78 is 1.76. The van der Waals surface area contributed by atoms with Gasteiger partial charge in [-0.2, -0.15) is 0 Å². The van der Waals surface area contributed by atoms with E-state index in [1.54, 1.807) is 11.3 Å². The molecule has 1 aromatic heterocycles. The fourth-order valence-corrected chi connectivity index (χ4v) is 4.03. The first kappa shape index (κ1) is 16.0. The van der Waals surface area contributed by atoms with Crippen LogP contribution in [0, 0.1) is 0 Å². The molecule has 4 heteroatoms. The van der Waals surface area contributed by atoms with Crippen LogP contribution in [-0.4, -0.2) is 7.05 Å². The lowest BCUT2D eigenvalue weighted by Crippen LogP contribution is -2.17. The van der Waals surface area contributed by atoms with Crippen molar-refractivity contribution < 1.29 is 0 Å². The molecule has 0 aliphatic carbocycles. The van der Waals surface area contributed by atoms with Crippen molar-refractivity contribution in [1.29, 1.82) is 0 Å². The Hall–Kier alpha value is -0.350. The first-order valence-corrected chi connectivity index (χ1v) is 8.54. The predicted molar refractivity (Wildman–Crippen MR) is 93.1 cm³/mol. The molecule has 1 heterocycles. The number of hydrogen-bond acceptors (Lipinski definition) is 2. The Labute approximate surface area is 138 Å². The molecule has 0 aliphatic heterocycles. The van der Waals surface area contributed by atoms with Crippen LogP contribution in [0.1, 0.15) is 42.8 Å². The molecule has 0 saturated carbocycles. The first-order valence-electron chi connectivity index (χ1n) is 6.55. The summed E-state index contributed by atoms with van der Waals surface area (Å²) in [5.41, 5.74) is 2.79. The second-order valence-electron chi connectivity index (χ2n) is 5.86. The quantitative estimate of drug-likeness (QED) is 0.721. The minimum absolute atomic E-state index is 0.179. The largest absolute Gasteiger partial charge is 0.309 e. The van der Waals surface area contributed by atoms with Crippen molar-refractivity contribution in [3.8, 4) is 0 Å². The molecule has 0 saturated heterocycles. The number of hydrogen-bond donors (Lipinski definition) is 1. The molecule has 1 unspecified atom stereocenters. The zero-order valence-electron chi connectivity index (χ0n) is 12.1. The Bertz CT molecular complexity index is 564. The Morgan fingerprint density at radius 1 is 1.20 bits per heavy atom. The highest BCUT2D eigenvalue weighted by Gasteiger charge is 2.18. The lowest BCUT2D eigenvalue weighted by atomic mass is 9.86. The van der Waals surface area contributed by atoms with Crippen LogP contribution in [0.5, 0.6) is 0 Å². The van der Waals surface area contributed by atoms with E-state index in [0.29, 0.717) is 0 Å². The number of halogens is 2. The van der Waals surface area contributed by atoms with Gasteiger partial charge in [-0.1, -0.05) is 56.6 Å². The highest BCUT2D eigenvalue weighted by Crippen LogP contribution is 2.37. The second-order valence-corrected chi connectivity index (χ2v) is 8.40. The van der Waals surface area contributed by atoms with Crippen molar-refractivity contribution >= 4 is 38.9 Å². The average Bonchev–Trinajstić information content (AvgIpc) is 2.70. The van der Waals surface area contributed by atoms with Crippen LogP contribution in [-0.2, 0) is 5.41 Å². The van der Waals surface area contributed by atoms with Gasteiger partial charge in [-0.05, 0) is 45.6 Å². The summed E-state index contributed by atoms with van der Waals surface area (Å²) in [4.78, 5) is 1.22. The van der Waals surface area contributed by atoms with Crippen molar-refractivity contribution in [3.63, 3.8) is 0 Å². The first-order chi connectivity index (χ1) is 9.32. The van der Waals surface area contributed by atoms with E-state index in [4.69, 9.17) is 11.6 Å². The molecule has 108 valence electrons. The van der Waals surface area contributed by atoms with E-state index in [2.05, 4.69) is 72.3 Å². The van der Waals surface area contributed by atoms with Gasteiger partial charge in [0.25, 0.3) is 0 Å². The van der Waals surface area contributed by atoms with E-state index in [0.717, 1.165) is 8.81 Å². The minimum Gasteiger partial charge on any atom is -0.309 e. The molecule has 0 aliphatic rings. The number of thiophene rings is 1. The van der Waals surface area contributed by atoms with Crippen LogP contribution < -0.4 is 5.32 Å².